The van der Waals surface area contributed by atoms with Crippen LogP contribution in [-0.4, -0.2) is 46.0 Å². The molecule has 3 rings (SSSR count). The number of aromatic nitrogens is 2. The molecule has 122 valence electrons. The third-order valence-electron chi connectivity index (χ3n) is 4.30. The standard InChI is InChI=1S/C16H20N4O3/c1-11(19-15(21)13-4-7-23-10-13)16(22)20-5-2-12(3-6-20)14-8-17-18-9-14/h4,7-12H,2-3,5-6H2,1H3,(H,17,18)(H,19,21)/t11-/m1/s1. The van der Waals surface area contributed by atoms with Crippen LogP contribution in [0.15, 0.2) is 35.4 Å². The summed E-state index contributed by atoms with van der Waals surface area (Å²) in [5, 5.41) is 9.52. The monoisotopic (exact) mass is 316 g/mol. The number of nitrogens with zero attached hydrogens (tertiary/aromatic N) is 2. The van der Waals surface area contributed by atoms with E-state index in [-0.39, 0.29) is 11.8 Å². The minimum atomic E-state index is -0.553. The number of H-pyrrole nitrogens is 1. The van der Waals surface area contributed by atoms with E-state index in [4.69, 9.17) is 4.42 Å². The molecular formula is C16H20N4O3. The molecular weight excluding hydrogens is 296 g/mol. The summed E-state index contributed by atoms with van der Waals surface area (Å²) in [6.07, 6.45) is 8.37. The number of likely N-dealkylation sites (tertiary alicyclic amines) is 1. The molecule has 2 amide bonds. The molecule has 23 heavy (non-hydrogen) atoms. The van der Waals surface area contributed by atoms with Crippen molar-refractivity contribution in [3.63, 3.8) is 0 Å². The zero-order valence-electron chi connectivity index (χ0n) is 13.0. The minimum Gasteiger partial charge on any atom is -0.472 e. The Labute approximate surface area is 134 Å². The second kappa shape index (κ2) is 6.68. The van der Waals surface area contributed by atoms with Gasteiger partial charge in [-0.05, 0) is 37.3 Å². The van der Waals surface area contributed by atoms with Crippen LogP contribution in [-0.2, 0) is 4.79 Å². The van der Waals surface area contributed by atoms with E-state index in [9.17, 15) is 9.59 Å². The van der Waals surface area contributed by atoms with Crippen LogP contribution >= 0.6 is 0 Å². The Morgan fingerprint density at radius 2 is 2.22 bits per heavy atom. The Morgan fingerprint density at radius 1 is 1.43 bits per heavy atom. The number of carbonyl (C=O) groups is 2. The molecule has 0 unspecified atom stereocenters. The highest BCUT2D eigenvalue weighted by atomic mass is 16.3. The van der Waals surface area contributed by atoms with Crippen LogP contribution in [0.25, 0.3) is 0 Å². The zero-order valence-corrected chi connectivity index (χ0v) is 13.0. The molecule has 7 nitrogen and oxygen atoms in total. The molecule has 0 aromatic carbocycles. The van der Waals surface area contributed by atoms with Gasteiger partial charge in [0.25, 0.3) is 5.91 Å². The molecule has 0 spiro atoms. The second-order valence-electron chi connectivity index (χ2n) is 5.84. The van der Waals surface area contributed by atoms with Crippen molar-refractivity contribution in [2.24, 2.45) is 0 Å². The third-order valence-corrected chi connectivity index (χ3v) is 4.30. The summed E-state index contributed by atoms with van der Waals surface area (Å²) in [7, 11) is 0. The van der Waals surface area contributed by atoms with Gasteiger partial charge in [-0.2, -0.15) is 5.10 Å². The molecule has 2 aromatic heterocycles. The average Bonchev–Trinajstić information content (AvgIpc) is 3.27. The van der Waals surface area contributed by atoms with Gasteiger partial charge in [-0.3, -0.25) is 14.7 Å². The van der Waals surface area contributed by atoms with E-state index in [1.807, 2.05) is 17.3 Å². The van der Waals surface area contributed by atoms with Crippen LogP contribution < -0.4 is 5.32 Å². The second-order valence-corrected chi connectivity index (χ2v) is 5.84. The molecule has 3 heterocycles. The smallest absolute Gasteiger partial charge is 0.255 e. The van der Waals surface area contributed by atoms with Crippen LogP contribution in [0.3, 0.4) is 0 Å². The number of piperidine rings is 1. The molecule has 2 N–H and O–H groups in total. The summed E-state index contributed by atoms with van der Waals surface area (Å²) < 4.78 is 4.88. The predicted molar refractivity (Wildman–Crippen MR) is 82.8 cm³/mol. The average molecular weight is 316 g/mol. The zero-order chi connectivity index (χ0) is 16.2. The fourth-order valence-corrected chi connectivity index (χ4v) is 2.93. The number of carbonyl (C=O) groups excluding carboxylic acids is 2. The number of aromatic amines is 1. The van der Waals surface area contributed by atoms with Crippen molar-refractivity contribution in [2.45, 2.75) is 31.7 Å². The van der Waals surface area contributed by atoms with Crippen molar-refractivity contribution in [3.8, 4) is 0 Å². The summed E-state index contributed by atoms with van der Waals surface area (Å²) in [4.78, 5) is 26.2. The molecule has 1 atom stereocenters. The molecule has 0 bridgehead atoms. The molecule has 7 heteroatoms. The van der Waals surface area contributed by atoms with Crippen molar-refractivity contribution in [3.05, 3.63) is 42.1 Å². The van der Waals surface area contributed by atoms with Crippen molar-refractivity contribution < 1.29 is 14.0 Å². The van der Waals surface area contributed by atoms with E-state index in [2.05, 4.69) is 15.5 Å². The lowest BCUT2D eigenvalue weighted by Crippen LogP contribution is -2.49. The van der Waals surface area contributed by atoms with Gasteiger partial charge in [-0.1, -0.05) is 0 Å². The van der Waals surface area contributed by atoms with E-state index in [0.717, 1.165) is 12.8 Å². The van der Waals surface area contributed by atoms with Crippen LogP contribution in [0, 0.1) is 0 Å². The fraction of sp³-hybridized carbons (Fsp3) is 0.438. The minimum absolute atomic E-state index is 0.0486. The van der Waals surface area contributed by atoms with Crippen LogP contribution in [0.4, 0.5) is 0 Å². The maximum atomic E-state index is 12.5. The number of furan rings is 1. The van der Waals surface area contributed by atoms with Crippen LogP contribution in [0.5, 0.6) is 0 Å². The van der Waals surface area contributed by atoms with Gasteiger partial charge in [0.1, 0.15) is 12.3 Å². The third kappa shape index (κ3) is 3.44. The first-order valence-corrected chi connectivity index (χ1v) is 7.75. The number of amides is 2. The summed E-state index contributed by atoms with van der Waals surface area (Å²) in [6.45, 7) is 3.10. The van der Waals surface area contributed by atoms with Gasteiger partial charge in [-0.15, -0.1) is 0 Å². The number of hydrogen-bond donors (Lipinski definition) is 2. The first-order chi connectivity index (χ1) is 11.1. The summed E-state index contributed by atoms with van der Waals surface area (Å²) in [5.41, 5.74) is 1.61. The Balaban J connectivity index is 1.51. The van der Waals surface area contributed by atoms with E-state index >= 15 is 0 Å². The molecule has 1 aliphatic heterocycles. The van der Waals surface area contributed by atoms with Crippen LogP contribution in [0.1, 0.15) is 41.6 Å². The SMILES string of the molecule is C[C@@H](NC(=O)c1ccoc1)C(=O)N1CCC(c2cn[nH]c2)CC1. The van der Waals surface area contributed by atoms with Crippen molar-refractivity contribution in [1.29, 1.82) is 0 Å². The van der Waals surface area contributed by atoms with E-state index in [1.165, 1.54) is 18.1 Å². The lowest BCUT2D eigenvalue weighted by Gasteiger charge is -2.33. The first-order valence-electron chi connectivity index (χ1n) is 7.75. The number of hydrogen-bond acceptors (Lipinski definition) is 4. The normalized spacial score (nSPS) is 17.0. The van der Waals surface area contributed by atoms with E-state index < -0.39 is 6.04 Å². The Hall–Kier alpha value is -2.57. The van der Waals surface area contributed by atoms with Gasteiger partial charge in [0.05, 0.1) is 18.0 Å². The number of nitrogens with one attached hydrogen (secondary N) is 2. The van der Waals surface area contributed by atoms with Gasteiger partial charge >= 0.3 is 0 Å². The predicted octanol–water partition coefficient (Wildman–Crippen LogP) is 1.53. The fourth-order valence-electron chi connectivity index (χ4n) is 2.93. The van der Waals surface area contributed by atoms with Crippen LogP contribution in [0.2, 0.25) is 0 Å². The largest absolute Gasteiger partial charge is 0.472 e. The molecule has 0 saturated carbocycles. The first kappa shape index (κ1) is 15.3. The Kier molecular flexibility index (Phi) is 4.45. The highest BCUT2D eigenvalue weighted by Crippen LogP contribution is 2.27. The highest BCUT2D eigenvalue weighted by Gasteiger charge is 2.28. The molecule has 0 aliphatic carbocycles. The summed E-state index contributed by atoms with van der Waals surface area (Å²) in [5.74, 6) is 0.0917. The van der Waals surface area contributed by atoms with E-state index in [1.54, 1.807) is 13.0 Å². The van der Waals surface area contributed by atoms with E-state index in [0.29, 0.717) is 24.6 Å². The molecule has 1 saturated heterocycles. The van der Waals surface area contributed by atoms with Gasteiger partial charge in [-0.25, -0.2) is 0 Å². The van der Waals surface area contributed by atoms with Gasteiger partial charge in [0, 0.05) is 19.3 Å². The highest BCUT2D eigenvalue weighted by molar-refractivity contribution is 5.97. The summed E-state index contributed by atoms with van der Waals surface area (Å²) >= 11 is 0. The maximum Gasteiger partial charge on any atom is 0.255 e. The van der Waals surface area contributed by atoms with Crippen molar-refractivity contribution >= 4 is 11.8 Å². The molecule has 2 aromatic rings. The van der Waals surface area contributed by atoms with Gasteiger partial charge in [0.2, 0.25) is 5.91 Å². The maximum absolute atomic E-state index is 12.5. The Bertz CT molecular complexity index is 643. The lowest BCUT2D eigenvalue weighted by atomic mass is 9.91. The molecule has 0 radical (unpaired) electrons. The lowest BCUT2D eigenvalue weighted by molar-refractivity contribution is -0.133. The molecule has 1 fully saturated rings. The Morgan fingerprint density at radius 3 is 2.83 bits per heavy atom. The topological polar surface area (TPSA) is 91.2 Å². The van der Waals surface area contributed by atoms with Gasteiger partial charge in [0.15, 0.2) is 0 Å². The summed E-state index contributed by atoms with van der Waals surface area (Å²) in [6, 6.07) is 1.02. The molecule has 1 aliphatic rings. The van der Waals surface area contributed by atoms with Gasteiger partial charge < -0.3 is 14.6 Å². The van der Waals surface area contributed by atoms with Crippen molar-refractivity contribution in [2.75, 3.05) is 13.1 Å². The quantitative estimate of drug-likeness (QED) is 0.895. The number of rotatable bonds is 4. The van der Waals surface area contributed by atoms with Crippen molar-refractivity contribution in [1.82, 2.24) is 20.4 Å².